The highest BCUT2D eigenvalue weighted by Crippen LogP contribution is 2.25. The monoisotopic (exact) mass is 276 g/mol. The van der Waals surface area contributed by atoms with Crippen LogP contribution < -0.4 is 16.0 Å². The molecule has 1 heterocycles. The summed E-state index contributed by atoms with van der Waals surface area (Å²) in [6, 6.07) is 6.06. The SMILES string of the molecule is CNC(=O)c1ccc(N(C)CC2CCCN2C)c(N)c1. The number of carbonyl (C=O) groups excluding carboxylic acids is 1. The summed E-state index contributed by atoms with van der Waals surface area (Å²) in [4.78, 5) is 16.2. The van der Waals surface area contributed by atoms with E-state index in [4.69, 9.17) is 5.73 Å². The second-order valence-corrected chi connectivity index (χ2v) is 5.51. The fraction of sp³-hybridized carbons (Fsp3) is 0.533. The van der Waals surface area contributed by atoms with Crippen LogP contribution in [0.1, 0.15) is 23.2 Å². The van der Waals surface area contributed by atoms with Gasteiger partial charge in [0.25, 0.3) is 5.91 Å². The molecule has 2 rings (SSSR count). The number of hydrogen-bond donors (Lipinski definition) is 2. The summed E-state index contributed by atoms with van der Waals surface area (Å²) in [5, 5.41) is 2.61. The van der Waals surface area contributed by atoms with E-state index in [2.05, 4.69) is 29.2 Å². The highest BCUT2D eigenvalue weighted by atomic mass is 16.1. The van der Waals surface area contributed by atoms with Gasteiger partial charge in [-0.3, -0.25) is 4.79 Å². The molecule has 1 aliphatic rings. The Bertz CT molecular complexity index is 489. The quantitative estimate of drug-likeness (QED) is 0.810. The third-order valence-corrected chi connectivity index (χ3v) is 4.08. The number of nitrogens with two attached hydrogens (primary N) is 1. The Morgan fingerprint density at radius 2 is 2.30 bits per heavy atom. The van der Waals surface area contributed by atoms with Gasteiger partial charge >= 0.3 is 0 Å². The Hall–Kier alpha value is -1.75. The summed E-state index contributed by atoms with van der Waals surface area (Å²) >= 11 is 0. The summed E-state index contributed by atoms with van der Waals surface area (Å²) in [5.41, 5.74) is 8.32. The molecule has 1 fully saturated rings. The molecule has 20 heavy (non-hydrogen) atoms. The highest BCUT2D eigenvalue weighted by Gasteiger charge is 2.22. The third-order valence-electron chi connectivity index (χ3n) is 4.08. The topological polar surface area (TPSA) is 61.6 Å². The first kappa shape index (κ1) is 14.7. The van der Waals surface area contributed by atoms with E-state index in [1.165, 1.54) is 19.4 Å². The number of nitrogens with zero attached hydrogens (tertiary/aromatic N) is 2. The van der Waals surface area contributed by atoms with Gasteiger partial charge in [-0.15, -0.1) is 0 Å². The zero-order valence-corrected chi connectivity index (χ0v) is 12.5. The maximum Gasteiger partial charge on any atom is 0.251 e. The number of nitrogen functional groups attached to an aromatic ring is 1. The van der Waals surface area contributed by atoms with Crippen LogP contribution in [0.3, 0.4) is 0 Å². The minimum Gasteiger partial charge on any atom is -0.397 e. The molecule has 1 saturated heterocycles. The maximum atomic E-state index is 11.6. The van der Waals surface area contributed by atoms with Gasteiger partial charge in [0.15, 0.2) is 0 Å². The number of hydrogen-bond acceptors (Lipinski definition) is 4. The molecule has 0 saturated carbocycles. The number of anilines is 2. The average molecular weight is 276 g/mol. The molecule has 110 valence electrons. The summed E-state index contributed by atoms with van der Waals surface area (Å²) in [6.07, 6.45) is 2.50. The van der Waals surface area contributed by atoms with E-state index in [1.807, 2.05) is 12.1 Å². The first-order valence-electron chi connectivity index (χ1n) is 7.06. The summed E-state index contributed by atoms with van der Waals surface area (Å²) < 4.78 is 0. The molecule has 1 unspecified atom stereocenters. The van der Waals surface area contributed by atoms with Crippen LogP contribution in [0.5, 0.6) is 0 Å². The molecule has 1 atom stereocenters. The molecule has 5 nitrogen and oxygen atoms in total. The van der Waals surface area contributed by atoms with E-state index in [0.717, 1.165) is 12.2 Å². The van der Waals surface area contributed by atoms with Crippen molar-refractivity contribution >= 4 is 17.3 Å². The summed E-state index contributed by atoms with van der Waals surface area (Å²) in [5.74, 6) is -0.110. The second-order valence-electron chi connectivity index (χ2n) is 5.51. The lowest BCUT2D eigenvalue weighted by molar-refractivity contribution is 0.0963. The van der Waals surface area contributed by atoms with Gasteiger partial charge in [-0.25, -0.2) is 0 Å². The first-order valence-corrected chi connectivity index (χ1v) is 7.06. The van der Waals surface area contributed by atoms with E-state index in [-0.39, 0.29) is 5.91 Å². The Morgan fingerprint density at radius 3 is 2.85 bits per heavy atom. The van der Waals surface area contributed by atoms with Crippen molar-refractivity contribution in [2.24, 2.45) is 0 Å². The first-order chi connectivity index (χ1) is 9.52. The lowest BCUT2D eigenvalue weighted by atomic mass is 10.1. The van der Waals surface area contributed by atoms with E-state index in [9.17, 15) is 4.79 Å². The van der Waals surface area contributed by atoms with Gasteiger partial charge in [0.2, 0.25) is 0 Å². The molecule has 1 aromatic rings. The number of likely N-dealkylation sites (N-methyl/N-ethyl adjacent to an activating group) is 2. The van der Waals surface area contributed by atoms with Gasteiger partial charge in [-0.2, -0.15) is 0 Å². The number of likely N-dealkylation sites (tertiary alicyclic amines) is 1. The predicted octanol–water partition coefficient (Wildman–Crippen LogP) is 1.16. The zero-order chi connectivity index (χ0) is 14.7. The largest absolute Gasteiger partial charge is 0.397 e. The van der Waals surface area contributed by atoms with Gasteiger partial charge in [-0.1, -0.05) is 0 Å². The maximum absolute atomic E-state index is 11.6. The minimum atomic E-state index is -0.110. The number of carbonyl (C=O) groups is 1. The van der Waals surface area contributed by atoms with E-state index in [1.54, 1.807) is 13.1 Å². The van der Waals surface area contributed by atoms with Gasteiger partial charge in [0.05, 0.1) is 11.4 Å². The highest BCUT2D eigenvalue weighted by molar-refractivity contribution is 5.96. The molecule has 3 N–H and O–H groups in total. The van der Waals surface area contributed by atoms with Crippen molar-refractivity contribution in [1.82, 2.24) is 10.2 Å². The predicted molar refractivity (Wildman–Crippen MR) is 83.2 cm³/mol. The number of rotatable bonds is 4. The molecular weight excluding hydrogens is 252 g/mol. The summed E-state index contributed by atoms with van der Waals surface area (Å²) in [6.45, 7) is 2.13. The molecule has 5 heteroatoms. The normalized spacial score (nSPS) is 19.1. The summed E-state index contributed by atoms with van der Waals surface area (Å²) in [7, 11) is 5.84. The molecule has 0 bridgehead atoms. The van der Waals surface area contributed by atoms with Crippen molar-refractivity contribution in [2.75, 3.05) is 44.9 Å². The van der Waals surface area contributed by atoms with Crippen molar-refractivity contribution < 1.29 is 4.79 Å². The van der Waals surface area contributed by atoms with Gasteiger partial charge < -0.3 is 20.9 Å². The molecule has 1 aliphatic heterocycles. The Balaban J connectivity index is 2.10. The van der Waals surface area contributed by atoms with Crippen LogP contribution in [0.25, 0.3) is 0 Å². The second kappa shape index (κ2) is 6.13. The molecule has 1 aromatic carbocycles. The van der Waals surface area contributed by atoms with Crippen LogP contribution in [-0.2, 0) is 0 Å². The van der Waals surface area contributed by atoms with Crippen LogP contribution in [0.15, 0.2) is 18.2 Å². The molecule has 0 radical (unpaired) electrons. The van der Waals surface area contributed by atoms with Gasteiger partial charge in [0.1, 0.15) is 0 Å². The molecular formula is C15H24N4O. The molecule has 0 aromatic heterocycles. The molecule has 0 spiro atoms. The van der Waals surface area contributed by atoms with E-state index < -0.39 is 0 Å². The standard InChI is InChI=1S/C15H24N4O/c1-17-15(20)11-6-7-14(13(16)9-11)19(3)10-12-5-4-8-18(12)2/h6-7,9,12H,4-5,8,10,16H2,1-3H3,(H,17,20). The average Bonchev–Trinajstić information content (AvgIpc) is 2.83. The minimum absolute atomic E-state index is 0.110. The fourth-order valence-electron chi connectivity index (χ4n) is 2.81. The van der Waals surface area contributed by atoms with Crippen LogP contribution >= 0.6 is 0 Å². The van der Waals surface area contributed by atoms with E-state index >= 15 is 0 Å². The van der Waals surface area contributed by atoms with Crippen molar-refractivity contribution in [3.05, 3.63) is 23.8 Å². The van der Waals surface area contributed by atoms with Crippen LogP contribution in [0, 0.1) is 0 Å². The van der Waals surface area contributed by atoms with Crippen LogP contribution in [-0.4, -0.2) is 51.1 Å². The smallest absolute Gasteiger partial charge is 0.251 e. The van der Waals surface area contributed by atoms with Crippen molar-refractivity contribution in [3.8, 4) is 0 Å². The Kier molecular flexibility index (Phi) is 4.49. The lowest BCUT2D eigenvalue weighted by Gasteiger charge is -2.28. The van der Waals surface area contributed by atoms with E-state index in [0.29, 0.717) is 17.3 Å². The van der Waals surface area contributed by atoms with Crippen molar-refractivity contribution in [2.45, 2.75) is 18.9 Å². The third kappa shape index (κ3) is 3.04. The Morgan fingerprint density at radius 1 is 1.55 bits per heavy atom. The molecule has 1 amide bonds. The van der Waals surface area contributed by atoms with Crippen molar-refractivity contribution in [1.29, 1.82) is 0 Å². The lowest BCUT2D eigenvalue weighted by Crippen LogP contribution is -2.36. The van der Waals surface area contributed by atoms with Crippen LogP contribution in [0.2, 0.25) is 0 Å². The molecule has 0 aliphatic carbocycles. The van der Waals surface area contributed by atoms with Crippen LogP contribution in [0.4, 0.5) is 11.4 Å². The number of benzene rings is 1. The van der Waals surface area contributed by atoms with Gasteiger partial charge in [-0.05, 0) is 44.6 Å². The zero-order valence-electron chi connectivity index (χ0n) is 12.5. The number of nitrogens with one attached hydrogen (secondary N) is 1. The van der Waals surface area contributed by atoms with Crippen molar-refractivity contribution in [3.63, 3.8) is 0 Å². The fourth-order valence-corrected chi connectivity index (χ4v) is 2.81. The van der Waals surface area contributed by atoms with Gasteiger partial charge in [0, 0.05) is 32.2 Å². The Labute approximate surface area is 120 Å². The number of amides is 1.